The standard InChI is InChI=1S/C19H18FN3O2/c20-16-8-4-7-15(13-16)19-22-18(25-23-19)10-9-17(24)21-12-11-14-5-2-1-3-6-14/h1-8,13H,9-12H2,(H,21,24). The number of hydrogen-bond donors (Lipinski definition) is 1. The topological polar surface area (TPSA) is 68.0 Å². The first-order valence-corrected chi connectivity index (χ1v) is 8.10. The fourth-order valence-corrected chi connectivity index (χ4v) is 2.40. The molecule has 5 nitrogen and oxygen atoms in total. The molecule has 0 aliphatic carbocycles. The molecule has 3 rings (SSSR count). The number of carbonyl (C=O) groups is 1. The SMILES string of the molecule is O=C(CCc1nc(-c2cccc(F)c2)no1)NCCc1ccccc1. The Morgan fingerprint density at radius 2 is 1.92 bits per heavy atom. The number of carbonyl (C=O) groups excluding carboxylic acids is 1. The first-order chi connectivity index (χ1) is 12.2. The van der Waals surface area contributed by atoms with Crippen LogP contribution in [0.3, 0.4) is 0 Å². The van der Waals surface area contributed by atoms with E-state index in [0.29, 0.717) is 30.2 Å². The van der Waals surface area contributed by atoms with E-state index in [1.54, 1.807) is 12.1 Å². The zero-order valence-electron chi connectivity index (χ0n) is 13.6. The van der Waals surface area contributed by atoms with Gasteiger partial charge in [0.2, 0.25) is 17.6 Å². The van der Waals surface area contributed by atoms with Crippen LogP contribution in [0.15, 0.2) is 59.1 Å². The average Bonchev–Trinajstić information content (AvgIpc) is 3.10. The van der Waals surface area contributed by atoms with Gasteiger partial charge in [0.15, 0.2) is 0 Å². The molecular formula is C19H18FN3O2. The van der Waals surface area contributed by atoms with Crippen molar-refractivity contribution in [2.24, 2.45) is 0 Å². The number of amides is 1. The Morgan fingerprint density at radius 3 is 2.72 bits per heavy atom. The van der Waals surface area contributed by atoms with E-state index >= 15 is 0 Å². The van der Waals surface area contributed by atoms with Gasteiger partial charge in [0.05, 0.1) is 0 Å². The Hall–Kier alpha value is -3.02. The predicted molar refractivity (Wildman–Crippen MR) is 91.2 cm³/mol. The summed E-state index contributed by atoms with van der Waals surface area (Å²) >= 11 is 0. The largest absolute Gasteiger partial charge is 0.356 e. The lowest BCUT2D eigenvalue weighted by molar-refractivity contribution is -0.121. The van der Waals surface area contributed by atoms with Crippen molar-refractivity contribution in [1.82, 2.24) is 15.5 Å². The fraction of sp³-hybridized carbons (Fsp3) is 0.211. The third-order valence-corrected chi connectivity index (χ3v) is 3.70. The summed E-state index contributed by atoms with van der Waals surface area (Å²) in [7, 11) is 0. The highest BCUT2D eigenvalue weighted by atomic mass is 19.1. The van der Waals surface area contributed by atoms with E-state index in [9.17, 15) is 9.18 Å². The second-order valence-corrected chi connectivity index (χ2v) is 5.61. The van der Waals surface area contributed by atoms with Crippen molar-refractivity contribution in [3.8, 4) is 11.4 Å². The lowest BCUT2D eigenvalue weighted by Crippen LogP contribution is -2.25. The van der Waals surface area contributed by atoms with Gasteiger partial charge in [-0.05, 0) is 24.1 Å². The van der Waals surface area contributed by atoms with Crippen molar-refractivity contribution < 1.29 is 13.7 Å². The normalized spacial score (nSPS) is 10.6. The van der Waals surface area contributed by atoms with Crippen LogP contribution >= 0.6 is 0 Å². The molecule has 3 aromatic rings. The van der Waals surface area contributed by atoms with E-state index < -0.39 is 0 Å². The summed E-state index contributed by atoms with van der Waals surface area (Å²) in [6.07, 6.45) is 1.40. The summed E-state index contributed by atoms with van der Waals surface area (Å²) in [5.74, 6) is 0.250. The summed E-state index contributed by atoms with van der Waals surface area (Å²) in [5, 5.41) is 6.69. The molecule has 6 heteroatoms. The van der Waals surface area contributed by atoms with E-state index in [4.69, 9.17) is 4.52 Å². The molecule has 1 aromatic heterocycles. The van der Waals surface area contributed by atoms with Crippen molar-refractivity contribution >= 4 is 5.91 Å². The quantitative estimate of drug-likeness (QED) is 0.718. The van der Waals surface area contributed by atoms with Crippen molar-refractivity contribution in [1.29, 1.82) is 0 Å². The molecular weight excluding hydrogens is 321 g/mol. The van der Waals surface area contributed by atoms with Crippen LogP contribution in [0.4, 0.5) is 4.39 Å². The highest BCUT2D eigenvalue weighted by Gasteiger charge is 2.11. The average molecular weight is 339 g/mol. The maximum atomic E-state index is 13.2. The summed E-state index contributed by atoms with van der Waals surface area (Å²) in [6.45, 7) is 0.585. The molecule has 0 aliphatic rings. The molecule has 25 heavy (non-hydrogen) atoms. The number of aromatic nitrogens is 2. The van der Waals surface area contributed by atoms with Gasteiger partial charge in [-0.15, -0.1) is 0 Å². The first kappa shape index (κ1) is 16.8. The van der Waals surface area contributed by atoms with Gasteiger partial charge < -0.3 is 9.84 Å². The smallest absolute Gasteiger partial charge is 0.227 e. The maximum absolute atomic E-state index is 13.2. The monoisotopic (exact) mass is 339 g/mol. The van der Waals surface area contributed by atoms with Crippen molar-refractivity contribution in [2.45, 2.75) is 19.3 Å². The predicted octanol–water partition coefficient (Wildman–Crippen LogP) is 3.17. The highest BCUT2D eigenvalue weighted by Crippen LogP contribution is 2.17. The molecule has 0 aliphatic heterocycles. The molecule has 128 valence electrons. The summed E-state index contributed by atoms with van der Waals surface area (Å²) in [5.41, 5.74) is 1.72. The van der Waals surface area contributed by atoms with Gasteiger partial charge in [0, 0.05) is 24.9 Å². The Morgan fingerprint density at radius 1 is 1.08 bits per heavy atom. The minimum atomic E-state index is -0.360. The maximum Gasteiger partial charge on any atom is 0.227 e. The number of halogens is 1. The van der Waals surface area contributed by atoms with Gasteiger partial charge >= 0.3 is 0 Å². The number of nitrogens with one attached hydrogen (secondary N) is 1. The molecule has 1 heterocycles. The molecule has 1 amide bonds. The Balaban J connectivity index is 1.45. The van der Waals surface area contributed by atoms with Crippen LogP contribution in [0.5, 0.6) is 0 Å². The molecule has 0 fully saturated rings. The van der Waals surface area contributed by atoms with Gasteiger partial charge in [-0.3, -0.25) is 4.79 Å². The van der Waals surface area contributed by atoms with Gasteiger partial charge in [-0.2, -0.15) is 4.98 Å². The molecule has 0 atom stereocenters. The third-order valence-electron chi connectivity index (χ3n) is 3.70. The Labute approximate surface area is 144 Å². The Kier molecular flexibility index (Phi) is 5.51. The number of rotatable bonds is 7. The van der Waals surface area contributed by atoms with Crippen molar-refractivity contribution in [2.75, 3.05) is 6.54 Å². The van der Waals surface area contributed by atoms with E-state index in [1.807, 2.05) is 30.3 Å². The van der Waals surface area contributed by atoms with Crippen LogP contribution in [0.2, 0.25) is 0 Å². The van der Waals surface area contributed by atoms with Gasteiger partial charge in [0.25, 0.3) is 0 Å². The van der Waals surface area contributed by atoms with Crippen LogP contribution in [0.1, 0.15) is 17.9 Å². The minimum absolute atomic E-state index is 0.0681. The van der Waals surface area contributed by atoms with Crippen LogP contribution in [-0.4, -0.2) is 22.6 Å². The summed E-state index contributed by atoms with van der Waals surface area (Å²) in [4.78, 5) is 16.1. The van der Waals surface area contributed by atoms with Crippen LogP contribution in [0.25, 0.3) is 11.4 Å². The molecule has 0 saturated heterocycles. The molecule has 0 bridgehead atoms. The van der Waals surface area contributed by atoms with E-state index in [1.165, 1.54) is 17.7 Å². The molecule has 0 spiro atoms. The van der Waals surface area contributed by atoms with Crippen molar-refractivity contribution in [3.05, 3.63) is 71.9 Å². The number of aryl methyl sites for hydroxylation is 1. The van der Waals surface area contributed by atoms with E-state index in [-0.39, 0.29) is 18.1 Å². The van der Waals surface area contributed by atoms with Gasteiger partial charge in [-0.1, -0.05) is 47.6 Å². The third kappa shape index (κ3) is 4.97. The lowest BCUT2D eigenvalue weighted by Gasteiger charge is -2.04. The number of nitrogens with zero attached hydrogens (tertiary/aromatic N) is 2. The second kappa shape index (κ2) is 8.19. The zero-order valence-corrected chi connectivity index (χ0v) is 13.6. The lowest BCUT2D eigenvalue weighted by atomic mass is 10.1. The molecule has 0 saturated carbocycles. The number of hydrogen-bond acceptors (Lipinski definition) is 4. The molecule has 2 aromatic carbocycles. The van der Waals surface area contributed by atoms with Crippen LogP contribution < -0.4 is 5.32 Å². The van der Waals surface area contributed by atoms with E-state index in [2.05, 4.69) is 15.5 Å². The summed E-state index contributed by atoms with van der Waals surface area (Å²) < 4.78 is 18.3. The summed E-state index contributed by atoms with van der Waals surface area (Å²) in [6, 6.07) is 15.9. The highest BCUT2D eigenvalue weighted by molar-refractivity contribution is 5.76. The minimum Gasteiger partial charge on any atom is -0.356 e. The van der Waals surface area contributed by atoms with Crippen LogP contribution in [-0.2, 0) is 17.6 Å². The van der Waals surface area contributed by atoms with Crippen molar-refractivity contribution in [3.63, 3.8) is 0 Å². The van der Waals surface area contributed by atoms with E-state index in [0.717, 1.165) is 6.42 Å². The first-order valence-electron chi connectivity index (χ1n) is 8.10. The molecule has 1 N–H and O–H groups in total. The zero-order chi connectivity index (χ0) is 17.5. The Bertz CT molecular complexity index is 833. The fourth-order valence-electron chi connectivity index (χ4n) is 2.40. The van der Waals surface area contributed by atoms with Gasteiger partial charge in [-0.25, -0.2) is 4.39 Å². The molecule has 0 unspecified atom stereocenters. The second-order valence-electron chi connectivity index (χ2n) is 5.61. The van der Waals surface area contributed by atoms with Crippen LogP contribution in [0, 0.1) is 5.82 Å². The van der Waals surface area contributed by atoms with Gasteiger partial charge in [0.1, 0.15) is 5.82 Å². The number of benzene rings is 2. The molecule has 0 radical (unpaired) electrons.